The molecule has 0 spiro atoms. The molecule has 0 aliphatic carbocycles. The first-order chi connectivity index (χ1) is 15.7. The van der Waals surface area contributed by atoms with E-state index in [0.29, 0.717) is 0 Å². The van der Waals surface area contributed by atoms with Crippen molar-refractivity contribution in [2.75, 3.05) is 13.2 Å². The molecular weight excluding hydrogens is 510 g/mol. The van der Waals surface area contributed by atoms with Gasteiger partial charge in [0.25, 0.3) is 5.56 Å². The Morgan fingerprint density at radius 2 is 1.82 bits per heavy atom. The SMILES string of the molecule is Cc1cn([C@H]2CC(O)[C@@H](COP(=O)(O[C@@H]3OC[C@@H](O)[C@H](O)[C@H]3O)OP(=O)(O)O)O2)c(=O)[nH]c1=O. The highest BCUT2D eigenvalue weighted by Gasteiger charge is 2.47. The molecule has 2 unspecified atom stereocenters. The molecule has 8 atom stereocenters. The summed E-state index contributed by atoms with van der Waals surface area (Å²) in [6.45, 7) is 0.0176. The molecule has 0 saturated carbocycles. The standard InChI is InChI=1S/C15H24N2O15P2/c1-6-3-17(15(23)16-13(6)22)10-2-7(18)9(30-10)5-29-34(27,32-33(24,25)26)31-14-12(21)11(20)8(19)4-28-14/h3,7-12,14,18-21H,2,4-5H2,1H3,(H,16,22,23)(H2,24,25,26)/t7?,8-,9-,10-,11+,12-,14+,34?/m1/s1. The maximum Gasteiger partial charge on any atom is 0.486 e. The van der Waals surface area contributed by atoms with Crippen LogP contribution in [0.25, 0.3) is 0 Å². The second kappa shape index (κ2) is 10.4. The van der Waals surface area contributed by atoms with Crippen LogP contribution in [-0.2, 0) is 32.0 Å². The molecule has 7 N–H and O–H groups in total. The molecule has 3 heterocycles. The van der Waals surface area contributed by atoms with E-state index < -0.39 is 83.1 Å². The van der Waals surface area contributed by atoms with E-state index >= 15 is 0 Å². The Hall–Kier alpha value is -1.30. The molecule has 1 aromatic heterocycles. The van der Waals surface area contributed by atoms with Gasteiger partial charge in [-0.2, -0.15) is 4.31 Å². The lowest BCUT2D eigenvalue weighted by Gasteiger charge is -2.35. The third-order valence-electron chi connectivity index (χ3n) is 4.95. The van der Waals surface area contributed by atoms with Crippen molar-refractivity contribution in [1.29, 1.82) is 0 Å². The first kappa shape index (κ1) is 27.3. The number of phosphoric ester groups is 1. The highest BCUT2D eigenvalue weighted by molar-refractivity contribution is 7.61. The Morgan fingerprint density at radius 1 is 1.15 bits per heavy atom. The Labute approximate surface area is 190 Å². The van der Waals surface area contributed by atoms with Gasteiger partial charge < -0.3 is 39.7 Å². The highest BCUT2D eigenvalue weighted by atomic mass is 31.3. The number of nitrogens with zero attached hydrogens (tertiary/aromatic N) is 1. The molecule has 19 heteroatoms. The third kappa shape index (κ3) is 6.47. The number of aliphatic hydroxyl groups excluding tert-OH is 4. The zero-order valence-electron chi connectivity index (χ0n) is 17.4. The van der Waals surface area contributed by atoms with Crippen molar-refractivity contribution in [3.05, 3.63) is 32.6 Å². The first-order valence-electron chi connectivity index (χ1n) is 9.70. The predicted molar refractivity (Wildman–Crippen MR) is 106 cm³/mol. The summed E-state index contributed by atoms with van der Waals surface area (Å²) >= 11 is 0. The Balaban J connectivity index is 1.72. The molecular formula is C15H24N2O15P2. The van der Waals surface area contributed by atoms with E-state index in [1.807, 2.05) is 0 Å². The van der Waals surface area contributed by atoms with Crippen LogP contribution < -0.4 is 11.2 Å². The molecule has 194 valence electrons. The summed E-state index contributed by atoms with van der Waals surface area (Å²) in [6, 6.07) is 0. The Kier molecular flexibility index (Phi) is 8.32. The lowest BCUT2D eigenvalue weighted by molar-refractivity contribution is -0.246. The number of hydrogen-bond acceptors (Lipinski definition) is 13. The second-order valence-corrected chi connectivity index (χ2v) is 10.6. The number of aliphatic hydroxyl groups is 4. The molecule has 2 fully saturated rings. The number of aryl methyl sites for hydroxylation is 1. The van der Waals surface area contributed by atoms with Crippen molar-refractivity contribution in [1.82, 2.24) is 9.55 Å². The summed E-state index contributed by atoms with van der Waals surface area (Å²) < 4.78 is 49.3. The van der Waals surface area contributed by atoms with Gasteiger partial charge in [0, 0.05) is 18.2 Å². The van der Waals surface area contributed by atoms with Crippen molar-refractivity contribution >= 4 is 15.6 Å². The van der Waals surface area contributed by atoms with Gasteiger partial charge in [-0.1, -0.05) is 0 Å². The fourth-order valence-electron chi connectivity index (χ4n) is 3.20. The zero-order chi connectivity index (χ0) is 25.4. The molecule has 1 aromatic rings. The van der Waals surface area contributed by atoms with Crippen LogP contribution in [0.1, 0.15) is 18.2 Å². The summed E-state index contributed by atoms with van der Waals surface area (Å²) in [5, 5.41) is 39.3. The van der Waals surface area contributed by atoms with Crippen LogP contribution in [0, 0.1) is 6.92 Å². The Bertz CT molecular complexity index is 1080. The van der Waals surface area contributed by atoms with E-state index in [4.69, 9.17) is 28.3 Å². The molecule has 0 aromatic carbocycles. The van der Waals surface area contributed by atoms with Gasteiger partial charge in [0.1, 0.15) is 30.6 Å². The molecule has 2 saturated heterocycles. The molecule has 34 heavy (non-hydrogen) atoms. The molecule has 17 nitrogen and oxygen atoms in total. The number of aromatic amines is 1. The first-order valence-corrected chi connectivity index (χ1v) is 12.7. The van der Waals surface area contributed by atoms with E-state index in [1.54, 1.807) is 0 Å². The molecule has 3 rings (SSSR count). The maximum atomic E-state index is 12.9. The monoisotopic (exact) mass is 534 g/mol. The Morgan fingerprint density at radius 3 is 2.47 bits per heavy atom. The van der Waals surface area contributed by atoms with Crippen LogP contribution in [0.2, 0.25) is 0 Å². The van der Waals surface area contributed by atoms with E-state index in [1.165, 1.54) is 13.1 Å². The van der Waals surface area contributed by atoms with Crippen molar-refractivity contribution in [3.8, 4) is 0 Å². The summed E-state index contributed by atoms with van der Waals surface area (Å²) in [5.41, 5.74) is -1.25. The summed E-state index contributed by atoms with van der Waals surface area (Å²) in [4.78, 5) is 43.8. The van der Waals surface area contributed by atoms with Gasteiger partial charge in [0.05, 0.1) is 19.3 Å². The number of rotatable bonds is 8. The zero-order valence-corrected chi connectivity index (χ0v) is 19.2. The molecule has 2 aliphatic rings. The van der Waals surface area contributed by atoms with Gasteiger partial charge in [-0.05, 0) is 6.92 Å². The number of hydrogen-bond donors (Lipinski definition) is 7. The number of nitrogens with one attached hydrogen (secondary N) is 1. The van der Waals surface area contributed by atoms with Crippen LogP contribution in [0.5, 0.6) is 0 Å². The van der Waals surface area contributed by atoms with Gasteiger partial charge in [-0.25, -0.2) is 13.9 Å². The minimum atomic E-state index is -5.50. The van der Waals surface area contributed by atoms with E-state index in [-0.39, 0.29) is 12.0 Å². The van der Waals surface area contributed by atoms with Gasteiger partial charge in [0.2, 0.25) is 0 Å². The maximum absolute atomic E-state index is 12.9. The van der Waals surface area contributed by atoms with E-state index in [9.17, 15) is 39.1 Å². The summed E-state index contributed by atoms with van der Waals surface area (Å²) in [7, 11) is -10.7. The third-order valence-corrected chi connectivity index (χ3v) is 7.53. The fourth-order valence-corrected chi connectivity index (χ4v) is 5.42. The van der Waals surface area contributed by atoms with E-state index in [2.05, 4.69) is 9.29 Å². The number of phosphoric acid groups is 2. The van der Waals surface area contributed by atoms with Crippen LogP contribution in [-0.4, -0.2) is 89.8 Å². The van der Waals surface area contributed by atoms with Crippen molar-refractivity contribution in [3.63, 3.8) is 0 Å². The smallest absolute Gasteiger partial charge is 0.390 e. The quantitative estimate of drug-likeness (QED) is 0.166. The molecule has 0 amide bonds. The topological polar surface area (TPSA) is 257 Å². The summed E-state index contributed by atoms with van der Waals surface area (Å²) in [6.07, 6.45) is -9.94. The second-order valence-electron chi connectivity index (χ2n) is 7.58. The van der Waals surface area contributed by atoms with Crippen LogP contribution in [0.15, 0.2) is 15.8 Å². The summed E-state index contributed by atoms with van der Waals surface area (Å²) in [5.74, 6) is 0. The average Bonchev–Trinajstić information content (AvgIpc) is 3.09. The minimum absolute atomic E-state index is 0.168. The number of H-pyrrole nitrogens is 1. The van der Waals surface area contributed by atoms with Crippen molar-refractivity contribution < 1.29 is 62.2 Å². The van der Waals surface area contributed by atoms with Crippen molar-refractivity contribution in [2.24, 2.45) is 0 Å². The largest absolute Gasteiger partial charge is 0.486 e. The van der Waals surface area contributed by atoms with Gasteiger partial charge >= 0.3 is 21.3 Å². The predicted octanol–water partition coefficient (Wildman–Crippen LogP) is -2.82. The molecule has 0 radical (unpaired) electrons. The molecule has 2 aliphatic heterocycles. The van der Waals surface area contributed by atoms with Gasteiger partial charge in [-0.15, -0.1) is 0 Å². The van der Waals surface area contributed by atoms with Crippen LogP contribution >= 0.6 is 15.6 Å². The van der Waals surface area contributed by atoms with Gasteiger partial charge in [0.15, 0.2) is 6.29 Å². The average molecular weight is 534 g/mol. The van der Waals surface area contributed by atoms with Gasteiger partial charge in [-0.3, -0.25) is 23.4 Å². The molecule has 0 bridgehead atoms. The normalized spacial score (nSPS) is 34.1. The van der Waals surface area contributed by atoms with E-state index in [0.717, 1.165) is 4.57 Å². The highest BCUT2D eigenvalue weighted by Crippen LogP contribution is 2.62. The number of ether oxygens (including phenoxy) is 2. The minimum Gasteiger partial charge on any atom is -0.390 e. The van der Waals surface area contributed by atoms with Crippen LogP contribution in [0.4, 0.5) is 0 Å². The van der Waals surface area contributed by atoms with Crippen LogP contribution in [0.3, 0.4) is 0 Å². The number of aromatic nitrogens is 2. The lowest BCUT2D eigenvalue weighted by atomic mass is 10.1. The fraction of sp³-hybridized carbons (Fsp3) is 0.733. The van der Waals surface area contributed by atoms with Crippen molar-refractivity contribution in [2.45, 2.75) is 56.4 Å². The lowest BCUT2D eigenvalue weighted by Crippen LogP contribution is -2.53.